The standard InChI is InChI=1S/C14H18/c1-4-6-7-13(5-2)14-10-8-12(3)9-11-14/h8-11H,2,4,6-7H2,1,3H3. The first kappa shape index (κ1) is 10.8. The zero-order chi connectivity index (χ0) is 10.4. The van der Waals surface area contributed by atoms with Crippen LogP contribution in [0.4, 0.5) is 0 Å². The molecule has 1 aromatic rings. The largest absolute Gasteiger partial charge is 0.125 e. The summed E-state index contributed by atoms with van der Waals surface area (Å²) in [6.07, 6.45) is 3.52. The van der Waals surface area contributed by atoms with E-state index in [-0.39, 0.29) is 0 Å². The molecule has 0 radical (unpaired) electrons. The molecular formula is C14H18. The van der Waals surface area contributed by atoms with Crippen LogP contribution < -0.4 is 0 Å². The van der Waals surface area contributed by atoms with Gasteiger partial charge in [-0.15, -0.1) is 5.73 Å². The van der Waals surface area contributed by atoms with Crippen LogP contribution in [-0.4, -0.2) is 0 Å². The Bertz CT molecular complexity index is 324. The summed E-state index contributed by atoms with van der Waals surface area (Å²) in [6.45, 7) is 8.06. The van der Waals surface area contributed by atoms with E-state index in [4.69, 9.17) is 0 Å². The third-order valence-electron chi connectivity index (χ3n) is 2.39. The van der Waals surface area contributed by atoms with E-state index in [1.54, 1.807) is 0 Å². The van der Waals surface area contributed by atoms with Crippen molar-refractivity contribution in [2.45, 2.75) is 33.1 Å². The van der Waals surface area contributed by atoms with Crippen LogP contribution in [0.5, 0.6) is 0 Å². The molecule has 0 spiro atoms. The summed E-state index contributed by atoms with van der Waals surface area (Å²) in [7, 11) is 0. The number of hydrogen-bond donors (Lipinski definition) is 0. The van der Waals surface area contributed by atoms with Gasteiger partial charge < -0.3 is 0 Å². The predicted octanol–water partition coefficient (Wildman–Crippen LogP) is 4.35. The number of unbranched alkanes of at least 4 members (excludes halogenated alkanes) is 1. The smallest absolute Gasteiger partial charge is 0.000580 e. The molecule has 0 heterocycles. The van der Waals surface area contributed by atoms with Crippen LogP contribution in [0, 0.1) is 6.92 Å². The van der Waals surface area contributed by atoms with E-state index >= 15 is 0 Å². The Kier molecular flexibility index (Phi) is 4.22. The average molecular weight is 186 g/mol. The molecule has 0 aromatic heterocycles. The third-order valence-corrected chi connectivity index (χ3v) is 2.39. The normalized spacial score (nSPS) is 9.57. The first-order valence-electron chi connectivity index (χ1n) is 5.24. The number of hydrogen-bond acceptors (Lipinski definition) is 0. The molecule has 0 nitrogen and oxygen atoms in total. The van der Waals surface area contributed by atoms with E-state index in [1.807, 2.05) is 0 Å². The molecule has 14 heavy (non-hydrogen) atoms. The average Bonchev–Trinajstić information content (AvgIpc) is 2.21. The van der Waals surface area contributed by atoms with E-state index in [1.165, 1.54) is 29.5 Å². The summed E-state index contributed by atoms with van der Waals surface area (Å²) in [5.74, 6) is 0. The summed E-state index contributed by atoms with van der Waals surface area (Å²) in [5, 5.41) is 0. The molecular weight excluding hydrogens is 168 g/mol. The van der Waals surface area contributed by atoms with Crippen LogP contribution in [0.1, 0.15) is 37.3 Å². The van der Waals surface area contributed by atoms with Crippen molar-refractivity contribution < 1.29 is 0 Å². The Balaban J connectivity index is 2.80. The fourth-order valence-corrected chi connectivity index (χ4v) is 1.44. The molecule has 0 N–H and O–H groups in total. The molecule has 0 aliphatic heterocycles. The van der Waals surface area contributed by atoms with Gasteiger partial charge in [0.2, 0.25) is 0 Å². The summed E-state index contributed by atoms with van der Waals surface area (Å²) >= 11 is 0. The number of benzene rings is 1. The second-order valence-electron chi connectivity index (χ2n) is 3.62. The van der Waals surface area contributed by atoms with Crippen LogP contribution >= 0.6 is 0 Å². The van der Waals surface area contributed by atoms with Crippen molar-refractivity contribution in [1.82, 2.24) is 0 Å². The SMILES string of the molecule is C=C=C(CCCC)c1ccc(C)cc1. The van der Waals surface area contributed by atoms with E-state index in [0.717, 1.165) is 6.42 Å². The lowest BCUT2D eigenvalue weighted by Crippen LogP contribution is -1.84. The van der Waals surface area contributed by atoms with E-state index in [2.05, 4.69) is 50.4 Å². The Morgan fingerprint density at radius 2 is 1.93 bits per heavy atom. The third kappa shape index (κ3) is 2.90. The van der Waals surface area contributed by atoms with Gasteiger partial charge in [-0.2, -0.15) is 0 Å². The van der Waals surface area contributed by atoms with Gasteiger partial charge in [-0.05, 0) is 25.3 Å². The lowest BCUT2D eigenvalue weighted by atomic mass is 10.0. The fourth-order valence-electron chi connectivity index (χ4n) is 1.44. The highest BCUT2D eigenvalue weighted by Crippen LogP contribution is 2.19. The molecule has 0 aliphatic carbocycles. The number of aryl methyl sites for hydroxylation is 1. The Labute approximate surface area is 87.0 Å². The highest BCUT2D eigenvalue weighted by atomic mass is 14.0. The molecule has 0 heteroatoms. The predicted molar refractivity (Wildman–Crippen MR) is 63.3 cm³/mol. The molecule has 0 atom stereocenters. The maximum absolute atomic E-state index is 3.75. The summed E-state index contributed by atoms with van der Waals surface area (Å²) in [4.78, 5) is 0. The van der Waals surface area contributed by atoms with E-state index in [0.29, 0.717) is 0 Å². The Hall–Kier alpha value is -1.26. The lowest BCUT2D eigenvalue weighted by molar-refractivity contribution is 0.825. The summed E-state index contributed by atoms with van der Waals surface area (Å²) in [5.41, 5.74) is 6.84. The van der Waals surface area contributed by atoms with Crippen LogP contribution in [0.25, 0.3) is 5.57 Å². The zero-order valence-electron chi connectivity index (χ0n) is 9.14. The summed E-state index contributed by atoms with van der Waals surface area (Å²) < 4.78 is 0. The molecule has 74 valence electrons. The molecule has 1 rings (SSSR count). The van der Waals surface area contributed by atoms with Gasteiger partial charge in [0.05, 0.1) is 0 Å². The van der Waals surface area contributed by atoms with Crippen LogP contribution in [0.15, 0.2) is 36.6 Å². The van der Waals surface area contributed by atoms with Crippen LogP contribution in [0.3, 0.4) is 0 Å². The highest BCUT2D eigenvalue weighted by Gasteiger charge is 1.99. The second-order valence-corrected chi connectivity index (χ2v) is 3.62. The van der Waals surface area contributed by atoms with Gasteiger partial charge in [-0.1, -0.05) is 49.8 Å². The van der Waals surface area contributed by atoms with Crippen LogP contribution in [-0.2, 0) is 0 Å². The molecule has 0 amide bonds. The van der Waals surface area contributed by atoms with Crippen molar-refractivity contribution in [2.24, 2.45) is 0 Å². The molecule has 0 saturated heterocycles. The van der Waals surface area contributed by atoms with Crippen LogP contribution in [0.2, 0.25) is 0 Å². The molecule has 0 saturated carbocycles. The minimum absolute atomic E-state index is 1.09. The van der Waals surface area contributed by atoms with Gasteiger partial charge in [-0.25, -0.2) is 0 Å². The van der Waals surface area contributed by atoms with Crippen molar-refractivity contribution in [1.29, 1.82) is 0 Å². The van der Waals surface area contributed by atoms with E-state index < -0.39 is 0 Å². The van der Waals surface area contributed by atoms with Crippen molar-refractivity contribution >= 4 is 5.57 Å². The maximum Gasteiger partial charge on any atom is 0.000580 e. The minimum Gasteiger partial charge on any atom is -0.125 e. The maximum atomic E-state index is 3.75. The quantitative estimate of drug-likeness (QED) is 0.613. The van der Waals surface area contributed by atoms with Crippen molar-refractivity contribution in [2.75, 3.05) is 0 Å². The first-order valence-corrected chi connectivity index (χ1v) is 5.24. The summed E-state index contributed by atoms with van der Waals surface area (Å²) in [6, 6.07) is 8.58. The number of rotatable bonds is 4. The molecule has 0 unspecified atom stereocenters. The van der Waals surface area contributed by atoms with Gasteiger partial charge in [0.1, 0.15) is 0 Å². The van der Waals surface area contributed by atoms with Crippen molar-refractivity contribution in [3.05, 3.63) is 47.7 Å². The highest BCUT2D eigenvalue weighted by molar-refractivity contribution is 5.64. The fraction of sp³-hybridized carbons (Fsp3) is 0.357. The minimum atomic E-state index is 1.09. The molecule has 1 aromatic carbocycles. The van der Waals surface area contributed by atoms with Gasteiger partial charge in [0.15, 0.2) is 0 Å². The van der Waals surface area contributed by atoms with Gasteiger partial charge in [-0.3, -0.25) is 0 Å². The molecule has 0 fully saturated rings. The number of allylic oxidation sites excluding steroid dienone is 1. The van der Waals surface area contributed by atoms with Gasteiger partial charge in [0.25, 0.3) is 0 Å². The monoisotopic (exact) mass is 186 g/mol. The first-order chi connectivity index (χ1) is 6.77. The van der Waals surface area contributed by atoms with Crippen molar-refractivity contribution in [3.8, 4) is 0 Å². The topological polar surface area (TPSA) is 0 Å². The van der Waals surface area contributed by atoms with E-state index in [9.17, 15) is 0 Å². The second kappa shape index (κ2) is 5.47. The van der Waals surface area contributed by atoms with Gasteiger partial charge >= 0.3 is 0 Å². The van der Waals surface area contributed by atoms with Crippen molar-refractivity contribution in [3.63, 3.8) is 0 Å². The van der Waals surface area contributed by atoms with Gasteiger partial charge in [0, 0.05) is 5.57 Å². The Morgan fingerprint density at radius 3 is 2.43 bits per heavy atom. The molecule has 0 aliphatic rings. The molecule has 0 bridgehead atoms. The Morgan fingerprint density at radius 1 is 1.29 bits per heavy atom. The lowest BCUT2D eigenvalue weighted by Gasteiger charge is -2.04. The zero-order valence-corrected chi connectivity index (χ0v) is 9.14.